The summed E-state index contributed by atoms with van der Waals surface area (Å²) in [5, 5.41) is 11.5. The summed E-state index contributed by atoms with van der Waals surface area (Å²) in [6.45, 7) is 12.2. The van der Waals surface area contributed by atoms with Crippen molar-refractivity contribution in [3.63, 3.8) is 0 Å². The second kappa shape index (κ2) is 15.2. The number of aliphatic carboxylic acids is 1. The van der Waals surface area contributed by atoms with Crippen molar-refractivity contribution in [3.8, 4) is 11.1 Å². The van der Waals surface area contributed by atoms with E-state index in [9.17, 15) is 18.9 Å². The van der Waals surface area contributed by atoms with E-state index in [2.05, 4.69) is 32.9 Å². The zero-order valence-corrected chi connectivity index (χ0v) is 29.3. The summed E-state index contributed by atoms with van der Waals surface area (Å²) in [5.74, 6) is -1.27. The minimum Gasteiger partial charge on any atom is -0.481 e. The Morgan fingerprint density at radius 3 is 2.07 bits per heavy atom. The van der Waals surface area contributed by atoms with Gasteiger partial charge in [0.25, 0.3) is 8.32 Å². The van der Waals surface area contributed by atoms with E-state index in [0.29, 0.717) is 5.56 Å². The maximum Gasteiger partial charge on any atom is 0.511 e. The molecule has 0 radical (unpaired) electrons. The van der Waals surface area contributed by atoms with Crippen molar-refractivity contribution in [3.05, 3.63) is 125 Å². The highest BCUT2D eigenvalue weighted by molar-refractivity contribution is 7.39. The fourth-order valence-electron chi connectivity index (χ4n) is 6.04. The number of hydrogen-bond donors (Lipinski definition) is 1. The molecule has 0 saturated heterocycles. The molecule has 0 saturated carbocycles. The van der Waals surface area contributed by atoms with Crippen LogP contribution in [0.3, 0.4) is 0 Å². The molecule has 4 aromatic rings. The highest BCUT2D eigenvalue weighted by Gasteiger charge is 2.52. The molecule has 0 aliphatic rings. The Labute approximate surface area is 274 Å². The summed E-state index contributed by atoms with van der Waals surface area (Å²) in [7, 11) is -5.31. The van der Waals surface area contributed by atoms with Gasteiger partial charge in [0.1, 0.15) is 18.5 Å². The van der Waals surface area contributed by atoms with Crippen LogP contribution in [0.4, 0.5) is 4.39 Å². The topological polar surface area (TPSA) is 72.8 Å². The van der Waals surface area contributed by atoms with Gasteiger partial charge in [-0.2, -0.15) is 0 Å². The lowest BCUT2D eigenvalue weighted by atomic mass is 9.92. The van der Waals surface area contributed by atoms with Gasteiger partial charge in [-0.3, -0.25) is 4.79 Å². The standard InChI is InChI=1S/C38H42FO5PSi/c1-27-22-28(2)34(35(23-27)30-19-20-36(39)29(3)24-30)18-13-21-43-45(42)26-31(25-37(40)41)44-46(38(4,5)6,32-14-9-7-10-15-32)33-16-11-8-12-17-33/h7-20,22-24,31H,21,25-26H2,1-6H3/p+1/t31-/m1/s1. The van der Waals surface area contributed by atoms with Gasteiger partial charge in [0.05, 0.1) is 6.42 Å². The van der Waals surface area contributed by atoms with Crippen molar-refractivity contribution in [2.24, 2.45) is 0 Å². The Bertz CT molecular complexity index is 1660. The quantitative estimate of drug-likeness (QED) is 0.115. The van der Waals surface area contributed by atoms with Crippen LogP contribution >= 0.6 is 8.03 Å². The molecule has 240 valence electrons. The van der Waals surface area contributed by atoms with Gasteiger partial charge < -0.3 is 9.53 Å². The van der Waals surface area contributed by atoms with Crippen molar-refractivity contribution >= 4 is 38.8 Å². The van der Waals surface area contributed by atoms with Crippen molar-refractivity contribution < 1.29 is 27.8 Å². The minimum absolute atomic E-state index is 0.0519. The van der Waals surface area contributed by atoms with E-state index in [-0.39, 0.29) is 30.0 Å². The number of benzene rings is 4. The molecule has 2 atom stereocenters. The minimum atomic E-state index is -3.07. The smallest absolute Gasteiger partial charge is 0.481 e. The first-order valence-electron chi connectivity index (χ1n) is 15.4. The van der Waals surface area contributed by atoms with E-state index in [1.165, 1.54) is 6.07 Å². The first-order valence-corrected chi connectivity index (χ1v) is 18.7. The fraction of sp³-hybridized carbons (Fsp3) is 0.289. The molecule has 4 rings (SSSR count). The lowest BCUT2D eigenvalue weighted by molar-refractivity contribution is -0.138. The van der Waals surface area contributed by atoms with Gasteiger partial charge in [-0.1, -0.05) is 117 Å². The highest BCUT2D eigenvalue weighted by Crippen LogP contribution is 2.39. The molecule has 8 heteroatoms. The number of carbonyl (C=O) groups is 1. The first-order chi connectivity index (χ1) is 21.8. The van der Waals surface area contributed by atoms with Crippen LogP contribution in [-0.2, 0) is 18.3 Å². The molecule has 46 heavy (non-hydrogen) atoms. The predicted octanol–water partition coefficient (Wildman–Crippen LogP) is 8.61. The Morgan fingerprint density at radius 2 is 1.52 bits per heavy atom. The summed E-state index contributed by atoms with van der Waals surface area (Å²) < 4.78 is 40.0. The Morgan fingerprint density at radius 1 is 0.913 bits per heavy atom. The van der Waals surface area contributed by atoms with Gasteiger partial charge in [-0.25, -0.2) is 4.39 Å². The molecule has 1 N–H and O–H groups in total. The highest BCUT2D eigenvalue weighted by atomic mass is 31.1. The van der Waals surface area contributed by atoms with Gasteiger partial charge in [0.2, 0.25) is 6.16 Å². The molecule has 0 bridgehead atoms. The van der Waals surface area contributed by atoms with Crippen LogP contribution in [0.25, 0.3) is 17.2 Å². The first kappa shape index (κ1) is 35.1. The molecule has 0 spiro atoms. The van der Waals surface area contributed by atoms with E-state index >= 15 is 0 Å². The van der Waals surface area contributed by atoms with Crippen molar-refractivity contribution in [2.45, 2.75) is 59.1 Å². The predicted molar refractivity (Wildman–Crippen MR) is 188 cm³/mol. The Hall–Kier alpha value is -3.74. The lowest BCUT2D eigenvalue weighted by Gasteiger charge is -2.44. The van der Waals surface area contributed by atoms with Crippen molar-refractivity contribution in [2.75, 3.05) is 12.8 Å². The van der Waals surface area contributed by atoms with E-state index in [4.69, 9.17) is 8.95 Å². The zero-order valence-electron chi connectivity index (χ0n) is 27.4. The summed E-state index contributed by atoms with van der Waals surface area (Å²) >= 11 is 0. The third kappa shape index (κ3) is 8.34. The summed E-state index contributed by atoms with van der Waals surface area (Å²) in [6.07, 6.45) is 2.56. The summed E-state index contributed by atoms with van der Waals surface area (Å²) in [4.78, 5) is 12.0. The average molecular weight is 658 g/mol. The van der Waals surface area contributed by atoms with Gasteiger partial charge in [-0.05, 0) is 80.7 Å². The second-order valence-electron chi connectivity index (χ2n) is 12.7. The number of aryl methyl sites for hydroxylation is 3. The van der Waals surface area contributed by atoms with Crippen LogP contribution in [0.5, 0.6) is 0 Å². The molecule has 0 fully saturated rings. The molecule has 0 heterocycles. The van der Waals surface area contributed by atoms with Gasteiger partial charge in [-0.15, -0.1) is 4.52 Å². The maximum atomic E-state index is 14.0. The normalized spacial score (nSPS) is 13.2. The van der Waals surface area contributed by atoms with Crippen LogP contribution < -0.4 is 10.4 Å². The van der Waals surface area contributed by atoms with E-state index in [0.717, 1.165) is 38.2 Å². The number of halogens is 1. The molecule has 0 amide bonds. The van der Waals surface area contributed by atoms with Crippen molar-refractivity contribution in [1.82, 2.24) is 0 Å². The third-order valence-electron chi connectivity index (χ3n) is 8.11. The monoisotopic (exact) mass is 657 g/mol. The maximum absolute atomic E-state index is 14.0. The molecule has 0 aromatic heterocycles. The van der Waals surface area contributed by atoms with E-state index < -0.39 is 28.4 Å². The van der Waals surface area contributed by atoms with Crippen LogP contribution in [0.2, 0.25) is 5.04 Å². The zero-order chi connectivity index (χ0) is 33.5. The van der Waals surface area contributed by atoms with Crippen LogP contribution in [0.15, 0.2) is 97.1 Å². The number of hydrogen-bond acceptors (Lipinski definition) is 4. The summed E-state index contributed by atoms with van der Waals surface area (Å²) in [6, 6.07) is 29.2. The molecular formula is C38H43FO5PSi+. The van der Waals surface area contributed by atoms with Gasteiger partial charge in [0.15, 0.2) is 0 Å². The fourth-order valence-corrected chi connectivity index (χ4v) is 11.8. The largest absolute Gasteiger partial charge is 0.511 e. The summed E-state index contributed by atoms with van der Waals surface area (Å²) in [5.41, 5.74) is 5.57. The van der Waals surface area contributed by atoms with Crippen LogP contribution in [-0.4, -0.2) is 38.3 Å². The molecule has 0 aliphatic carbocycles. The number of carboxylic acid groups (broad SMARTS) is 1. The van der Waals surface area contributed by atoms with E-state index in [1.54, 1.807) is 19.1 Å². The van der Waals surface area contributed by atoms with Gasteiger partial charge in [0, 0.05) is 0 Å². The molecule has 1 unspecified atom stereocenters. The Balaban J connectivity index is 1.56. The molecule has 5 nitrogen and oxygen atoms in total. The van der Waals surface area contributed by atoms with Gasteiger partial charge >= 0.3 is 14.0 Å². The lowest BCUT2D eigenvalue weighted by Crippen LogP contribution is -2.68. The SMILES string of the molecule is Cc1cc(C)c(C=CCO[P+](=O)C[C@@H](CC(=O)O)O[Si](c2ccccc2)(c2ccccc2)C(C)(C)C)c(-c2ccc(F)c(C)c2)c1. The Kier molecular flexibility index (Phi) is 11.6. The number of carboxylic acids is 1. The van der Waals surface area contributed by atoms with Crippen LogP contribution in [0, 0.1) is 26.6 Å². The molecular weight excluding hydrogens is 614 g/mol. The number of rotatable bonds is 13. The molecule has 4 aromatic carbocycles. The second-order valence-corrected chi connectivity index (χ2v) is 18.3. The third-order valence-corrected chi connectivity index (χ3v) is 14.3. The van der Waals surface area contributed by atoms with E-state index in [1.807, 2.05) is 86.7 Å². The molecule has 0 aliphatic heterocycles. The van der Waals surface area contributed by atoms with Crippen LogP contribution in [0.1, 0.15) is 49.4 Å². The van der Waals surface area contributed by atoms with Crippen molar-refractivity contribution in [1.29, 1.82) is 0 Å². The average Bonchev–Trinajstić information content (AvgIpc) is 3.00.